The molecule has 2 heterocycles. The molecule has 0 aliphatic heterocycles. The van der Waals surface area contributed by atoms with Crippen LogP contribution in [0.15, 0.2) is 83.9 Å². The first-order valence-electron chi connectivity index (χ1n) is 8.03. The zero-order valence-corrected chi connectivity index (χ0v) is 13.5. The van der Waals surface area contributed by atoms with Crippen molar-refractivity contribution >= 4 is 0 Å². The van der Waals surface area contributed by atoms with Crippen LogP contribution < -0.4 is 5.69 Å². The molecule has 0 radical (unpaired) electrons. The second kappa shape index (κ2) is 6.57. The Morgan fingerprint density at radius 1 is 0.880 bits per heavy atom. The molecule has 5 heteroatoms. The molecule has 0 saturated carbocycles. The molecular formula is C20H16N4O. The third-order valence-corrected chi connectivity index (χ3v) is 4.08. The molecule has 0 fully saturated rings. The molecule has 0 aliphatic rings. The summed E-state index contributed by atoms with van der Waals surface area (Å²) in [4.78, 5) is 16.5. The molecule has 0 spiro atoms. The summed E-state index contributed by atoms with van der Waals surface area (Å²) >= 11 is 0. The zero-order chi connectivity index (χ0) is 17.1. The maximum Gasteiger partial charge on any atom is 0.347 e. The van der Waals surface area contributed by atoms with E-state index in [0.29, 0.717) is 12.2 Å². The number of nitrogens with zero attached hydrogens (tertiary/aromatic N) is 3. The smallest absolute Gasteiger partial charge is 0.265 e. The van der Waals surface area contributed by atoms with Gasteiger partial charge in [0.05, 0.1) is 5.69 Å². The van der Waals surface area contributed by atoms with Crippen LogP contribution in [0.5, 0.6) is 0 Å². The Kier molecular flexibility index (Phi) is 3.96. The van der Waals surface area contributed by atoms with Crippen molar-refractivity contribution in [1.82, 2.24) is 19.7 Å². The van der Waals surface area contributed by atoms with E-state index in [1.807, 2.05) is 66.7 Å². The third-order valence-electron chi connectivity index (χ3n) is 4.08. The van der Waals surface area contributed by atoms with Crippen LogP contribution in [0.4, 0.5) is 0 Å². The number of pyridine rings is 1. The van der Waals surface area contributed by atoms with Crippen LogP contribution in [0.2, 0.25) is 0 Å². The Hall–Kier alpha value is -3.47. The maximum absolute atomic E-state index is 12.4. The number of nitrogens with one attached hydrogen (secondary N) is 1. The number of hydrogen-bond donors (Lipinski definition) is 1. The van der Waals surface area contributed by atoms with Crippen LogP contribution in [0.1, 0.15) is 11.4 Å². The molecule has 0 saturated heterocycles. The fourth-order valence-corrected chi connectivity index (χ4v) is 2.91. The summed E-state index contributed by atoms with van der Waals surface area (Å²) in [5.74, 6) is 0.666. The van der Waals surface area contributed by atoms with Crippen molar-refractivity contribution in [1.29, 1.82) is 0 Å². The van der Waals surface area contributed by atoms with Crippen molar-refractivity contribution < 1.29 is 0 Å². The van der Waals surface area contributed by atoms with Gasteiger partial charge in [0, 0.05) is 24.4 Å². The molecule has 0 amide bonds. The number of H-pyrrole nitrogens is 1. The molecule has 4 rings (SSSR count). The summed E-state index contributed by atoms with van der Waals surface area (Å²) in [6.07, 6.45) is 4.02. The van der Waals surface area contributed by atoms with Gasteiger partial charge in [0.2, 0.25) is 0 Å². The fourth-order valence-electron chi connectivity index (χ4n) is 2.91. The molecule has 122 valence electrons. The van der Waals surface area contributed by atoms with Gasteiger partial charge in [-0.1, -0.05) is 48.5 Å². The number of para-hydroxylation sites is 1. The minimum absolute atomic E-state index is 0.243. The number of benzene rings is 2. The van der Waals surface area contributed by atoms with Gasteiger partial charge in [0.1, 0.15) is 5.82 Å². The standard InChI is InChI=1S/C20H16N4O/c25-20-23-22-19(14-15-10-12-21-13-11-15)24(20)18-9-5-4-8-17(18)16-6-2-1-3-7-16/h1-13H,14H2,(H,23,25). The van der Waals surface area contributed by atoms with Crippen LogP contribution in [0.25, 0.3) is 16.8 Å². The lowest BCUT2D eigenvalue weighted by atomic mass is 10.0. The molecule has 2 aromatic carbocycles. The van der Waals surface area contributed by atoms with Gasteiger partial charge in [0.25, 0.3) is 0 Å². The Balaban J connectivity index is 1.84. The van der Waals surface area contributed by atoms with E-state index in [1.165, 1.54) is 0 Å². The monoisotopic (exact) mass is 328 g/mol. The largest absolute Gasteiger partial charge is 0.347 e. The molecule has 0 unspecified atom stereocenters. The summed E-state index contributed by atoms with van der Waals surface area (Å²) < 4.78 is 1.64. The van der Waals surface area contributed by atoms with Crippen molar-refractivity contribution in [3.63, 3.8) is 0 Å². The van der Waals surface area contributed by atoms with Crippen molar-refractivity contribution in [3.8, 4) is 16.8 Å². The quantitative estimate of drug-likeness (QED) is 0.625. The van der Waals surface area contributed by atoms with E-state index < -0.39 is 0 Å². The number of aromatic amines is 1. The second-order valence-corrected chi connectivity index (χ2v) is 5.70. The Labute approximate surface area is 144 Å². The maximum atomic E-state index is 12.4. The molecular weight excluding hydrogens is 312 g/mol. The number of aromatic nitrogens is 4. The predicted molar refractivity (Wildman–Crippen MR) is 96.7 cm³/mol. The van der Waals surface area contributed by atoms with Crippen LogP contribution in [-0.4, -0.2) is 19.7 Å². The average molecular weight is 328 g/mol. The Morgan fingerprint density at radius 2 is 1.60 bits per heavy atom. The molecule has 1 N–H and O–H groups in total. The van der Waals surface area contributed by atoms with Gasteiger partial charge in [-0.05, 0) is 29.3 Å². The van der Waals surface area contributed by atoms with Gasteiger partial charge in [-0.25, -0.2) is 14.5 Å². The molecule has 25 heavy (non-hydrogen) atoms. The van der Waals surface area contributed by atoms with Gasteiger partial charge >= 0.3 is 5.69 Å². The van der Waals surface area contributed by atoms with E-state index in [1.54, 1.807) is 17.0 Å². The Morgan fingerprint density at radius 3 is 2.40 bits per heavy atom. The van der Waals surface area contributed by atoms with Crippen LogP contribution in [-0.2, 0) is 6.42 Å². The first kappa shape index (κ1) is 15.1. The first-order valence-corrected chi connectivity index (χ1v) is 8.03. The van der Waals surface area contributed by atoms with Gasteiger partial charge in [-0.2, -0.15) is 5.10 Å². The normalized spacial score (nSPS) is 10.7. The first-order chi connectivity index (χ1) is 12.3. The second-order valence-electron chi connectivity index (χ2n) is 5.70. The molecule has 4 aromatic rings. The summed E-state index contributed by atoms with van der Waals surface area (Å²) in [6.45, 7) is 0. The van der Waals surface area contributed by atoms with Crippen molar-refractivity contribution in [2.24, 2.45) is 0 Å². The van der Waals surface area contributed by atoms with Gasteiger partial charge in [0.15, 0.2) is 0 Å². The molecule has 5 nitrogen and oxygen atoms in total. The zero-order valence-electron chi connectivity index (χ0n) is 13.5. The van der Waals surface area contributed by atoms with Gasteiger partial charge < -0.3 is 0 Å². The molecule has 0 atom stereocenters. The predicted octanol–water partition coefficient (Wildman–Crippen LogP) is 3.21. The average Bonchev–Trinajstić information content (AvgIpc) is 3.03. The highest BCUT2D eigenvalue weighted by atomic mass is 16.1. The lowest BCUT2D eigenvalue weighted by Gasteiger charge is -2.12. The van der Waals surface area contributed by atoms with Crippen LogP contribution in [0.3, 0.4) is 0 Å². The topological polar surface area (TPSA) is 63.6 Å². The van der Waals surface area contributed by atoms with E-state index in [2.05, 4.69) is 15.2 Å². The summed E-state index contributed by atoms with van der Waals surface area (Å²) in [6, 6.07) is 21.7. The summed E-state index contributed by atoms with van der Waals surface area (Å²) in [5, 5.41) is 6.80. The minimum atomic E-state index is -0.243. The fraction of sp³-hybridized carbons (Fsp3) is 0.0500. The van der Waals surface area contributed by atoms with Gasteiger partial charge in [-0.3, -0.25) is 4.98 Å². The Bertz CT molecular complexity index is 1040. The highest BCUT2D eigenvalue weighted by Crippen LogP contribution is 2.26. The van der Waals surface area contributed by atoms with E-state index in [9.17, 15) is 4.79 Å². The SMILES string of the molecule is O=c1[nH]nc(Cc2ccncc2)n1-c1ccccc1-c1ccccc1. The van der Waals surface area contributed by atoms with E-state index >= 15 is 0 Å². The van der Waals surface area contributed by atoms with Crippen LogP contribution in [0, 0.1) is 0 Å². The molecule has 0 bridgehead atoms. The van der Waals surface area contributed by atoms with Crippen LogP contribution >= 0.6 is 0 Å². The highest BCUT2D eigenvalue weighted by molar-refractivity contribution is 5.73. The van der Waals surface area contributed by atoms with E-state index in [4.69, 9.17) is 0 Å². The lowest BCUT2D eigenvalue weighted by molar-refractivity contribution is 0.893. The molecule has 2 aromatic heterocycles. The van der Waals surface area contributed by atoms with Crippen molar-refractivity contribution in [3.05, 3.63) is 101 Å². The van der Waals surface area contributed by atoms with E-state index in [0.717, 1.165) is 22.4 Å². The van der Waals surface area contributed by atoms with Crippen molar-refractivity contribution in [2.75, 3.05) is 0 Å². The number of rotatable bonds is 4. The highest BCUT2D eigenvalue weighted by Gasteiger charge is 2.14. The number of hydrogen-bond acceptors (Lipinski definition) is 3. The third kappa shape index (κ3) is 2.99. The van der Waals surface area contributed by atoms with Crippen molar-refractivity contribution in [2.45, 2.75) is 6.42 Å². The summed E-state index contributed by atoms with van der Waals surface area (Å²) in [5.41, 5.74) is 3.67. The van der Waals surface area contributed by atoms with E-state index in [-0.39, 0.29) is 5.69 Å². The lowest BCUT2D eigenvalue weighted by Crippen LogP contribution is -2.18. The molecule has 0 aliphatic carbocycles. The summed E-state index contributed by atoms with van der Waals surface area (Å²) in [7, 11) is 0. The van der Waals surface area contributed by atoms with Gasteiger partial charge in [-0.15, -0.1) is 0 Å². The minimum Gasteiger partial charge on any atom is -0.265 e.